The van der Waals surface area contributed by atoms with E-state index in [0.717, 1.165) is 43.4 Å². The predicted octanol–water partition coefficient (Wildman–Crippen LogP) is 3.45. The highest BCUT2D eigenvalue weighted by Gasteiger charge is 2.24. The lowest BCUT2D eigenvalue weighted by Crippen LogP contribution is -2.45. The van der Waals surface area contributed by atoms with Gasteiger partial charge in [-0.15, -0.1) is 24.0 Å². The van der Waals surface area contributed by atoms with Crippen LogP contribution >= 0.6 is 24.0 Å². The number of para-hydroxylation sites is 1. The Bertz CT molecular complexity index is 831. The van der Waals surface area contributed by atoms with Crippen molar-refractivity contribution in [3.63, 3.8) is 0 Å². The van der Waals surface area contributed by atoms with Crippen LogP contribution in [0.2, 0.25) is 0 Å². The number of morpholine rings is 1. The number of ether oxygens (including phenoxy) is 1. The maximum atomic E-state index is 5.82. The first-order valence-corrected chi connectivity index (χ1v) is 10.1. The summed E-state index contributed by atoms with van der Waals surface area (Å²) in [6.07, 6.45) is 3.49. The molecule has 4 rings (SSSR count). The second-order valence-electron chi connectivity index (χ2n) is 7.62. The van der Waals surface area contributed by atoms with Gasteiger partial charge in [0.1, 0.15) is 5.82 Å². The third-order valence-electron chi connectivity index (χ3n) is 5.36. The van der Waals surface area contributed by atoms with Crippen molar-refractivity contribution >= 4 is 41.4 Å². The van der Waals surface area contributed by atoms with Gasteiger partial charge in [0.05, 0.1) is 12.2 Å². The Morgan fingerprint density at radius 1 is 1.17 bits per heavy atom. The fraction of sp³-hybridized carbons (Fsp3) is 0.455. The number of hydrogen-bond donors (Lipinski definition) is 1. The summed E-state index contributed by atoms with van der Waals surface area (Å²) < 4.78 is 5.82. The maximum absolute atomic E-state index is 5.82. The lowest BCUT2D eigenvalue weighted by atomic mass is 10.2. The molecule has 1 N–H and O–H groups in total. The smallest absolute Gasteiger partial charge is 0.198 e. The van der Waals surface area contributed by atoms with Gasteiger partial charge in [-0.05, 0) is 43.5 Å². The summed E-state index contributed by atoms with van der Waals surface area (Å²) in [6.45, 7) is 7.66. The Morgan fingerprint density at radius 3 is 2.62 bits per heavy atom. The third kappa shape index (κ3) is 5.01. The average Bonchev–Trinajstić information content (AvgIpc) is 3.12. The van der Waals surface area contributed by atoms with E-state index in [1.807, 2.05) is 13.2 Å². The molecule has 156 valence electrons. The van der Waals surface area contributed by atoms with E-state index in [9.17, 15) is 0 Å². The molecule has 2 aliphatic rings. The number of pyridine rings is 1. The fourth-order valence-corrected chi connectivity index (χ4v) is 4.11. The van der Waals surface area contributed by atoms with Crippen LogP contribution in [0.15, 0.2) is 47.6 Å². The number of guanidine groups is 1. The monoisotopic (exact) mass is 507 g/mol. The molecule has 7 heteroatoms. The van der Waals surface area contributed by atoms with E-state index in [4.69, 9.17) is 4.74 Å². The van der Waals surface area contributed by atoms with Crippen LogP contribution in [0.25, 0.3) is 0 Å². The zero-order valence-electron chi connectivity index (χ0n) is 17.3. The molecule has 1 aromatic heterocycles. The lowest BCUT2D eigenvalue weighted by Gasteiger charge is -2.36. The van der Waals surface area contributed by atoms with Crippen LogP contribution in [-0.4, -0.2) is 49.8 Å². The summed E-state index contributed by atoms with van der Waals surface area (Å²) in [4.78, 5) is 13.7. The van der Waals surface area contributed by atoms with Gasteiger partial charge in [0.15, 0.2) is 5.96 Å². The highest BCUT2D eigenvalue weighted by atomic mass is 127. The second-order valence-corrected chi connectivity index (χ2v) is 7.62. The summed E-state index contributed by atoms with van der Waals surface area (Å²) in [6, 6.07) is 12.8. The van der Waals surface area contributed by atoms with Crippen LogP contribution in [0.3, 0.4) is 0 Å². The first-order chi connectivity index (χ1) is 13.6. The topological polar surface area (TPSA) is 53.0 Å². The number of halogens is 1. The van der Waals surface area contributed by atoms with Gasteiger partial charge in [0.2, 0.25) is 0 Å². The second kappa shape index (κ2) is 9.75. The molecule has 0 radical (unpaired) electrons. The normalized spacial score (nSPS) is 21.6. The van der Waals surface area contributed by atoms with Crippen molar-refractivity contribution in [3.8, 4) is 0 Å². The molecule has 2 aromatic rings. The number of hydrogen-bond acceptors (Lipinski definition) is 4. The van der Waals surface area contributed by atoms with Crippen molar-refractivity contribution in [2.75, 3.05) is 36.5 Å². The first kappa shape index (κ1) is 21.8. The lowest BCUT2D eigenvalue weighted by molar-refractivity contribution is -0.00545. The number of benzene rings is 1. The number of aromatic nitrogens is 1. The first-order valence-electron chi connectivity index (χ1n) is 10.1. The van der Waals surface area contributed by atoms with E-state index in [-0.39, 0.29) is 36.2 Å². The molecule has 3 heterocycles. The van der Waals surface area contributed by atoms with Gasteiger partial charge in [-0.2, -0.15) is 0 Å². The van der Waals surface area contributed by atoms with E-state index in [2.05, 4.69) is 75.3 Å². The summed E-state index contributed by atoms with van der Waals surface area (Å²) in [5.74, 6) is 1.92. The van der Waals surface area contributed by atoms with Crippen LogP contribution in [0.1, 0.15) is 25.0 Å². The highest BCUT2D eigenvalue weighted by molar-refractivity contribution is 14.0. The summed E-state index contributed by atoms with van der Waals surface area (Å²) in [5.41, 5.74) is 3.77. The molecule has 6 nitrogen and oxygen atoms in total. The molecule has 1 saturated heterocycles. The quantitative estimate of drug-likeness (QED) is 0.392. The van der Waals surface area contributed by atoms with Gasteiger partial charge < -0.3 is 19.9 Å². The Hall–Kier alpha value is -1.87. The van der Waals surface area contributed by atoms with Crippen LogP contribution < -0.4 is 15.1 Å². The van der Waals surface area contributed by atoms with Crippen molar-refractivity contribution < 1.29 is 4.74 Å². The molecule has 0 saturated carbocycles. The summed E-state index contributed by atoms with van der Waals surface area (Å²) >= 11 is 0. The molecule has 2 aliphatic heterocycles. The number of aliphatic imine (C=N–C) groups is 1. The Morgan fingerprint density at radius 2 is 1.93 bits per heavy atom. The van der Waals surface area contributed by atoms with Gasteiger partial charge in [0, 0.05) is 45.1 Å². The minimum absolute atomic E-state index is 0. The minimum Gasteiger partial charge on any atom is -0.372 e. The third-order valence-corrected chi connectivity index (χ3v) is 5.36. The van der Waals surface area contributed by atoms with Gasteiger partial charge in [-0.3, -0.25) is 4.99 Å². The molecule has 2 unspecified atom stereocenters. The molecule has 29 heavy (non-hydrogen) atoms. The largest absolute Gasteiger partial charge is 0.372 e. The van der Waals surface area contributed by atoms with Gasteiger partial charge >= 0.3 is 0 Å². The van der Waals surface area contributed by atoms with Crippen LogP contribution in [0, 0.1) is 0 Å². The Labute approximate surface area is 190 Å². The number of nitrogens with zero attached hydrogens (tertiary/aromatic N) is 4. The summed E-state index contributed by atoms with van der Waals surface area (Å²) in [7, 11) is 1.84. The molecule has 0 amide bonds. The zero-order valence-corrected chi connectivity index (χ0v) is 19.7. The zero-order chi connectivity index (χ0) is 19.5. The van der Waals surface area contributed by atoms with Crippen LogP contribution in [0.4, 0.5) is 11.5 Å². The Kier molecular flexibility index (Phi) is 7.34. The van der Waals surface area contributed by atoms with Crippen molar-refractivity contribution in [3.05, 3.63) is 53.7 Å². The molecule has 0 bridgehead atoms. The van der Waals surface area contributed by atoms with E-state index in [0.29, 0.717) is 6.54 Å². The van der Waals surface area contributed by atoms with Crippen molar-refractivity contribution in [1.82, 2.24) is 10.3 Å². The molecule has 1 aromatic carbocycles. The van der Waals surface area contributed by atoms with Crippen LogP contribution in [0.5, 0.6) is 0 Å². The molecule has 2 atom stereocenters. The number of fused-ring (bicyclic) bond motifs is 1. The highest BCUT2D eigenvalue weighted by Crippen LogP contribution is 2.27. The van der Waals surface area contributed by atoms with E-state index >= 15 is 0 Å². The average molecular weight is 507 g/mol. The Balaban J connectivity index is 0.00000240. The molecule has 0 aliphatic carbocycles. The van der Waals surface area contributed by atoms with Crippen molar-refractivity contribution in [2.24, 2.45) is 4.99 Å². The van der Waals surface area contributed by atoms with Gasteiger partial charge in [-0.1, -0.05) is 24.3 Å². The summed E-state index contributed by atoms with van der Waals surface area (Å²) in [5, 5.41) is 3.48. The molecular weight excluding hydrogens is 477 g/mol. The van der Waals surface area contributed by atoms with E-state index in [1.54, 1.807) is 0 Å². The van der Waals surface area contributed by atoms with E-state index in [1.165, 1.54) is 11.3 Å². The molecule has 1 fully saturated rings. The SMILES string of the molecule is CN=C(NCc1ccc(N2CC(C)OC(C)C2)nc1)N1CCc2ccccc21.I. The predicted molar refractivity (Wildman–Crippen MR) is 130 cm³/mol. The number of rotatable bonds is 3. The van der Waals surface area contributed by atoms with Crippen molar-refractivity contribution in [1.29, 1.82) is 0 Å². The molecule has 0 spiro atoms. The number of anilines is 2. The van der Waals surface area contributed by atoms with Gasteiger partial charge in [0.25, 0.3) is 0 Å². The van der Waals surface area contributed by atoms with E-state index < -0.39 is 0 Å². The fourth-order valence-electron chi connectivity index (χ4n) is 4.11. The molecular formula is C22H30IN5O. The minimum atomic E-state index is 0. The standard InChI is InChI=1S/C22H29N5O.HI/c1-16-14-26(15-17(2)28-16)21-9-8-18(12-24-21)13-25-22(23-3)27-11-10-19-6-4-5-7-20(19)27;/h4-9,12,16-17H,10-11,13-15H2,1-3H3,(H,23,25);1H. The van der Waals surface area contributed by atoms with Crippen LogP contribution in [-0.2, 0) is 17.7 Å². The number of nitrogens with one attached hydrogen (secondary N) is 1. The maximum Gasteiger partial charge on any atom is 0.198 e. The van der Waals surface area contributed by atoms with Crippen molar-refractivity contribution in [2.45, 2.75) is 39.0 Å². The van der Waals surface area contributed by atoms with Gasteiger partial charge in [-0.25, -0.2) is 4.98 Å².